The van der Waals surface area contributed by atoms with Crippen LogP contribution in [0.5, 0.6) is 0 Å². The molecule has 142 valence electrons. The number of ether oxygens (including phenoxy) is 1. The van der Waals surface area contributed by atoms with Gasteiger partial charge < -0.3 is 9.64 Å². The lowest BCUT2D eigenvalue weighted by Gasteiger charge is -2.39. The van der Waals surface area contributed by atoms with E-state index in [-0.39, 0.29) is 11.5 Å². The number of aromatic nitrogens is 5. The van der Waals surface area contributed by atoms with Gasteiger partial charge in [-0.3, -0.25) is 0 Å². The summed E-state index contributed by atoms with van der Waals surface area (Å²) in [6, 6.07) is 7.74. The van der Waals surface area contributed by atoms with Crippen LogP contribution in [0, 0.1) is 0 Å². The molecular weight excluding hydrogens is 364 g/mol. The summed E-state index contributed by atoms with van der Waals surface area (Å²) in [7, 11) is 1.73. The van der Waals surface area contributed by atoms with Gasteiger partial charge in [0.15, 0.2) is 17.0 Å². The Morgan fingerprint density at radius 3 is 2.59 bits per heavy atom. The van der Waals surface area contributed by atoms with Crippen molar-refractivity contribution in [1.29, 1.82) is 0 Å². The zero-order valence-electron chi connectivity index (χ0n) is 16.0. The van der Waals surface area contributed by atoms with Gasteiger partial charge in [-0.15, -0.1) is 5.10 Å². The first-order valence-corrected chi connectivity index (χ1v) is 9.37. The molecule has 3 heterocycles. The van der Waals surface area contributed by atoms with E-state index in [1.807, 2.05) is 24.3 Å². The zero-order chi connectivity index (χ0) is 19.2. The molecule has 8 heteroatoms. The fourth-order valence-corrected chi connectivity index (χ4v) is 3.25. The van der Waals surface area contributed by atoms with E-state index in [9.17, 15) is 0 Å². The summed E-state index contributed by atoms with van der Waals surface area (Å²) < 4.78 is 7.20. The van der Waals surface area contributed by atoms with Crippen molar-refractivity contribution < 1.29 is 4.74 Å². The topological polar surface area (TPSA) is 69.0 Å². The highest BCUT2D eigenvalue weighted by atomic mass is 35.5. The van der Waals surface area contributed by atoms with Crippen molar-refractivity contribution in [3.8, 4) is 0 Å². The van der Waals surface area contributed by atoms with Crippen LogP contribution in [0.3, 0.4) is 0 Å². The average Bonchev–Trinajstić information content (AvgIpc) is 2.98. The van der Waals surface area contributed by atoms with Crippen molar-refractivity contribution in [3.05, 3.63) is 40.7 Å². The molecule has 0 amide bonds. The first-order chi connectivity index (χ1) is 12.9. The Labute approximate surface area is 163 Å². The van der Waals surface area contributed by atoms with Gasteiger partial charge in [-0.05, 0) is 11.6 Å². The number of methoxy groups -OCH3 is 1. The van der Waals surface area contributed by atoms with E-state index >= 15 is 0 Å². The fourth-order valence-electron chi connectivity index (χ4n) is 3.05. The molecule has 1 aliphatic rings. The highest BCUT2D eigenvalue weighted by Gasteiger charge is 2.32. The van der Waals surface area contributed by atoms with Gasteiger partial charge in [-0.2, -0.15) is 0 Å². The molecule has 0 spiro atoms. The molecule has 0 N–H and O–H groups in total. The minimum absolute atomic E-state index is 0.187. The van der Waals surface area contributed by atoms with Crippen LogP contribution in [0.25, 0.3) is 11.2 Å². The van der Waals surface area contributed by atoms with Crippen molar-refractivity contribution in [2.45, 2.75) is 38.8 Å². The van der Waals surface area contributed by atoms with Crippen LogP contribution in [0.4, 0.5) is 5.82 Å². The first-order valence-electron chi connectivity index (χ1n) is 8.99. The summed E-state index contributed by atoms with van der Waals surface area (Å²) in [6.07, 6.45) is 0.228. The van der Waals surface area contributed by atoms with Gasteiger partial charge in [0.2, 0.25) is 0 Å². The summed E-state index contributed by atoms with van der Waals surface area (Å²) in [6.45, 7) is 8.42. The van der Waals surface area contributed by atoms with Crippen molar-refractivity contribution in [2.24, 2.45) is 0 Å². The predicted octanol–water partition coefficient (Wildman–Crippen LogP) is 3.06. The van der Waals surface area contributed by atoms with Crippen LogP contribution < -0.4 is 4.90 Å². The van der Waals surface area contributed by atoms with E-state index < -0.39 is 0 Å². The Morgan fingerprint density at radius 2 is 1.93 bits per heavy atom. The molecule has 7 nitrogen and oxygen atoms in total. The molecule has 4 rings (SSSR count). The Kier molecular flexibility index (Phi) is 4.52. The first kappa shape index (κ1) is 18.1. The molecule has 0 unspecified atom stereocenters. The molecule has 0 aliphatic carbocycles. The molecule has 27 heavy (non-hydrogen) atoms. The highest BCUT2D eigenvalue weighted by molar-refractivity contribution is 6.31. The number of nitrogens with zero attached hydrogens (tertiary/aromatic N) is 6. The van der Waals surface area contributed by atoms with Gasteiger partial charge in [0.1, 0.15) is 5.82 Å². The number of benzene rings is 1. The second-order valence-electron chi connectivity index (χ2n) is 7.89. The van der Waals surface area contributed by atoms with Gasteiger partial charge in [0, 0.05) is 30.6 Å². The number of rotatable bonds is 4. The van der Waals surface area contributed by atoms with E-state index in [0.717, 1.165) is 35.9 Å². The lowest BCUT2D eigenvalue weighted by atomic mass is 9.95. The van der Waals surface area contributed by atoms with Crippen LogP contribution in [0.2, 0.25) is 5.02 Å². The zero-order valence-corrected chi connectivity index (χ0v) is 16.7. The number of hydrogen-bond acceptors (Lipinski definition) is 6. The maximum atomic E-state index is 6.33. The quantitative estimate of drug-likeness (QED) is 0.686. The molecule has 0 bridgehead atoms. The number of halogens is 1. The van der Waals surface area contributed by atoms with Crippen LogP contribution >= 0.6 is 11.6 Å². The normalized spacial score (nSPS) is 15.4. The van der Waals surface area contributed by atoms with Crippen molar-refractivity contribution in [1.82, 2.24) is 25.0 Å². The van der Waals surface area contributed by atoms with E-state index in [1.165, 1.54) is 0 Å². The van der Waals surface area contributed by atoms with Gasteiger partial charge >= 0.3 is 0 Å². The molecular formula is C19H23ClN6O. The number of anilines is 1. The highest BCUT2D eigenvalue weighted by Crippen LogP contribution is 2.30. The number of fused-ring (bicyclic) bond motifs is 1. The second kappa shape index (κ2) is 6.73. The van der Waals surface area contributed by atoms with Crippen molar-refractivity contribution in [3.63, 3.8) is 0 Å². The molecule has 1 saturated heterocycles. The molecule has 1 aliphatic heterocycles. The third-order valence-corrected chi connectivity index (χ3v) is 5.14. The smallest absolute Gasteiger partial charge is 0.184 e. The molecule has 1 aromatic carbocycles. The summed E-state index contributed by atoms with van der Waals surface area (Å²) in [5, 5.41) is 9.43. The van der Waals surface area contributed by atoms with E-state index in [0.29, 0.717) is 17.1 Å². The molecule has 0 saturated carbocycles. The largest absolute Gasteiger partial charge is 0.378 e. The second-order valence-corrected chi connectivity index (χ2v) is 8.30. The summed E-state index contributed by atoms with van der Waals surface area (Å²) in [4.78, 5) is 11.8. The van der Waals surface area contributed by atoms with Crippen LogP contribution in [-0.4, -0.2) is 51.3 Å². The third kappa shape index (κ3) is 3.37. The summed E-state index contributed by atoms with van der Waals surface area (Å²) >= 11 is 6.33. The summed E-state index contributed by atoms with van der Waals surface area (Å²) in [5.74, 6) is 1.59. The van der Waals surface area contributed by atoms with Crippen LogP contribution in [0.1, 0.15) is 32.2 Å². The summed E-state index contributed by atoms with van der Waals surface area (Å²) in [5.41, 5.74) is 2.23. The fraction of sp³-hybridized carbons (Fsp3) is 0.474. The monoisotopic (exact) mass is 386 g/mol. The molecule has 0 atom stereocenters. The molecule has 3 aromatic rings. The van der Waals surface area contributed by atoms with Gasteiger partial charge in [-0.1, -0.05) is 55.8 Å². The van der Waals surface area contributed by atoms with Crippen LogP contribution in [-0.2, 0) is 16.7 Å². The molecule has 2 aromatic heterocycles. The Balaban J connectivity index is 1.79. The minimum atomic E-state index is -0.187. The van der Waals surface area contributed by atoms with Gasteiger partial charge in [0.25, 0.3) is 0 Å². The minimum Gasteiger partial charge on any atom is -0.378 e. The van der Waals surface area contributed by atoms with Gasteiger partial charge in [-0.25, -0.2) is 14.6 Å². The Hall–Kier alpha value is -2.25. The molecule has 0 radical (unpaired) electrons. The van der Waals surface area contributed by atoms with E-state index in [4.69, 9.17) is 26.3 Å². The third-order valence-electron chi connectivity index (χ3n) is 4.77. The average molecular weight is 387 g/mol. The SMILES string of the molecule is COC1CN(c2nc(C(C)(C)C)nc3c2nnn3Cc2ccccc2Cl)C1. The van der Waals surface area contributed by atoms with Crippen molar-refractivity contribution >= 4 is 28.6 Å². The standard InChI is InChI=1S/C19H23ClN6O/c1-19(2,3)18-21-16(25-10-13(11-25)27-4)15-17(22-18)26(24-23-15)9-12-7-5-6-8-14(12)20/h5-8,13H,9-11H2,1-4H3. The maximum absolute atomic E-state index is 6.33. The van der Waals surface area contributed by atoms with E-state index in [2.05, 4.69) is 36.0 Å². The lowest BCUT2D eigenvalue weighted by molar-refractivity contribution is 0.0784. The Morgan fingerprint density at radius 1 is 1.19 bits per heavy atom. The Bertz CT molecular complexity index is 974. The number of hydrogen-bond donors (Lipinski definition) is 0. The van der Waals surface area contributed by atoms with Gasteiger partial charge in [0.05, 0.1) is 12.6 Å². The molecule has 1 fully saturated rings. The predicted molar refractivity (Wildman–Crippen MR) is 105 cm³/mol. The maximum Gasteiger partial charge on any atom is 0.184 e. The lowest BCUT2D eigenvalue weighted by Crippen LogP contribution is -2.52. The van der Waals surface area contributed by atoms with E-state index in [1.54, 1.807) is 11.8 Å². The van der Waals surface area contributed by atoms with Crippen LogP contribution in [0.15, 0.2) is 24.3 Å². The van der Waals surface area contributed by atoms with Crippen molar-refractivity contribution in [2.75, 3.05) is 25.1 Å².